The van der Waals surface area contributed by atoms with Crippen LogP contribution in [0.2, 0.25) is 0 Å². The average molecular weight is 182 g/mol. The van der Waals surface area contributed by atoms with Gasteiger partial charge in [-0.2, -0.15) is 13.2 Å². The zero-order chi connectivity index (χ0) is 9.78. The van der Waals surface area contributed by atoms with Gasteiger partial charge in [0, 0.05) is 6.42 Å². The molecule has 0 aliphatic heterocycles. The molecule has 12 heavy (non-hydrogen) atoms. The van der Waals surface area contributed by atoms with E-state index in [4.69, 9.17) is 0 Å². The van der Waals surface area contributed by atoms with Crippen LogP contribution in [-0.4, -0.2) is 6.18 Å². The number of alkyl halides is 3. The van der Waals surface area contributed by atoms with E-state index in [0.29, 0.717) is 12.3 Å². The van der Waals surface area contributed by atoms with Crippen molar-refractivity contribution in [1.82, 2.24) is 0 Å². The van der Waals surface area contributed by atoms with Crippen molar-refractivity contribution in [2.24, 2.45) is 11.8 Å². The highest BCUT2D eigenvalue weighted by molar-refractivity contribution is 4.62. The summed E-state index contributed by atoms with van der Waals surface area (Å²) in [6.07, 6.45) is -3.00. The Morgan fingerprint density at radius 2 is 1.58 bits per heavy atom. The van der Waals surface area contributed by atoms with Crippen LogP contribution < -0.4 is 0 Å². The molecule has 0 saturated carbocycles. The second-order valence-corrected chi connectivity index (χ2v) is 3.67. The van der Waals surface area contributed by atoms with E-state index >= 15 is 0 Å². The molecule has 0 N–H and O–H groups in total. The molecule has 0 radical (unpaired) electrons. The molecule has 0 bridgehead atoms. The van der Waals surface area contributed by atoms with Crippen molar-refractivity contribution in [1.29, 1.82) is 0 Å². The molecule has 0 saturated heterocycles. The van der Waals surface area contributed by atoms with Gasteiger partial charge in [-0.25, -0.2) is 0 Å². The molecule has 0 nitrogen and oxygen atoms in total. The van der Waals surface area contributed by atoms with Crippen molar-refractivity contribution in [2.45, 2.75) is 46.2 Å². The van der Waals surface area contributed by atoms with Crippen LogP contribution in [0.25, 0.3) is 0 Å². The molecule has 3 heteroatoms. The third-order valence-corrected chi connectivity index (χ3v) is 2.08. The van der Waals surface area contributed by atoms with E-state index in [-0.39, 0.29) is 5.92 Å². The van der Waals surface area contributed by atoms with Crippen LogP contribution in [0, 0.1) is 11.8 Å². The van der Waals surface area contributed by atoms with E-state index in [9.17, 15) is 13.2 Å². The molecule has 0 aromatic rings. The minimum Gasteiger partial charge on any atom is -0.171 e. The van der Waals surface area contributed by atoms with Gasteiger partial charge in [-0.1, -0.05) is 27.2 Å². The Morgan fingerprint density at radius 1 is 1.08 bits per heavy atom. The van der Waals surface area contributed by atoms with Gasteiger partial charge in [0.25, 0.3) is 0 Å². The topological polar surface area (TPSA) is 0 Å². The average Bonchev–Trinajstić information content (AvgIpc) is 1.82. The molecule has 0 fully saturated rings. The predicted molar refractivity (Wildman–Crippen MR) is 43.9 cm³/mol. The molecule has 0 heterocycles. The standard InChI is InChI=1S/C9H17F3/c1-4-7(2)5-8(3)6-9(10,11)12/h7-8H,4-6H2,1-3H3. The Hall–Kier alpha value is -0.210. The zero-order valence-corrected chi connectivity index (χ0v) is 7.91. The maximum Gasteiger partial charge on any atom is 0.389 e. The van der Waals surface area contributed by atoms with Gasteiger partial charge in [-0.15, -0.1) is 0 Å². The fourth-order valence-electron chi connectivity index (χ4n) is 1.33. The fourth-order valence-corrected chi connectivity index (χ4v) is 1.33. The molecule has 0 aromatic heterocycles. The molecule has 0 aliphatic carbocycles. The number of hydrogen-bond donors (Lipinski definition) is 0. The minimum absolute atomic E-state index is 0.236. The van der Waals surface area contributed by atoms with E-state index < -0.39 is 12.6 Å². The lowest BCUT2D eigenvalue weighted by Crippen LogP contribution is -2.14. The third kappa shape index (κ3) is 6.50. The van der Waals surface area contributed by atoms with E-state index in [2.05, 4.69) is 0 Å². The van der Waals surface area contributed by atoms with Gasteiger partial charge in [-0.05, 0) is 18.3 Å². The Morgan fingerprint density at radius 3 is 1.92 bits per heavy atom. The molecule has 0 spiro atoms. The van der Waals surface area contributed by atoms with Crippen molar-refractivity contribution in [3.63, 3.8) is 0 Å². The van der Waals surface area contributed by atoms with Crippen LogP contribution in [0.1, 0.15) is 40.0 Å². The number of hydrogen-bond acceptors (Lipinski definition) is 0. The zero-order valence-electron chi connectivity index (χ0n) is 7.91. The minimum atomic E-state index is -3.99. The van der Waals surface area contributed by atoms with E-state index in [1.54, 1.807) is 6.92 Å². The van der Waals surface area contributed by atoms with Crippen molar-refractivity contribution >= 4 is 0 Å². The van der Waals surface area contributed by atoms with Gasteiger partial charge >= 0.3 is 6.18 Å². The van der Waals surface area contributed by atoms with Crippen molar-refractivity contribution in [3.05, 3.63) is 0 Å². The smallest absolute Gasteiger partial charge is 0.171 e. The largest absolute Gasteiger partial charge is 0.389 e. The van der Waals surface area contributed by atoms with Crippen LogP contribution in [0.5, 0.6) is 0 Å². The summed E-state index contributed by atoms with van der Waals surface area (Å²) in [4.78, 5) is 0. The summed E-state index contributed by atoms with van der Waals surface area (Å²) >= 11 is 0. The Bertz CT molecular complexity index is 117. The molecule has 2 unspecified atom stereocenters. The second kappa shape index (κ2) is 4.73. The molecular formula is C9H17F3. The summed E-state index contributed by atoms with van der Waals surface area (Å²) in [5, 5.41) is 0. The lowest BCUT2D eigenvalue weighted by atomic mass is 9.93. The van der Waals surface area contributed by atoms with Crippen molar-refractivity contribution < 1.29 is 13.2 Å². The summed E-state index contributed by atoms with van der Waals surface area (Å²) in [5.41, 5.74) is 0. The lowest BCUT2D eigenvalue weighted by molar-refractivity contribution is -0.144. The van der Waals surface area contributed by atoms with Gasteiger partial charge in [0.2, 0.25) is 0 Å². The first-order valence-electron chi connectivity index (χ1n) is 4.42. The summed E-state index contributed by atoms with van der Waals surface area (Å²) in [7, 11) is 0. The first-order chi connectivity index (χ1) is 5.35. The van der Waals surface area contributed by atoms with E-state index in [1.807, 2.05) is 13.8 Å². The van der Waals surface area contributed by atoms with Crippen LogP contribution >= 0.6 is 0 Å². The predicted octanol–water partition coefficient (Wildman–Crippen LogP) is 4.01. The van der Waals surface area contributed by atoms with Gasteiger partial charge in [0.15, 0.2) is 0 Å². The van der Waals surface area contributed by atoms with Gasteiger partial charge in [0.05, 0.1) is 0 Å². The molecule has 0 aromatic carbocycles. The Labute approximate surface area is 72.2 Å². The SMILES string of the molecule is CCC(C)CC(C)CC(F)(F)F. The maximum atomic E-state index is 11.9. The van der Waals surface area contributed by atoms with Gasteiger partial charge in [-0.3, -0.25) is 0 Å². The van der Waals surface area contributed by atoms with Crippen LogP contribution in [0.4, 0.5) is 13.2 Å². The second-order valence-electron chi connectivity index (χ2n) is 3.67. The van der Waals surface area contributed by atoms with E-state index in [1.165, 1.54) is 0 Å². The summed E-state index contributed by atoms with van der Waals surface area (Å²) in [5.74, 6) is 0.169. The number of halogens is 3. The molecule has 0 amide bonds. The van der Waals surface area contributed by atoms with Gasteiger partial charge in [0.1, 0.15) is 0 Å². The normalized spacial score (nSPS) is 17.5. The lowest BCUT2D eigenvalue weighted by Gasteiger charge is -2.17. The third-order valence-electron chi connectivity index (χ3n) is 2.08. The highest BCUT2D eigenvalue weighted by Crippen LogP contribution is 2.28. The molecule has 0 rings (SSSR count). The maximum absolute atomic E-state index is 11.9. The number of rotatable bonds is 4. The Balaban J connectivity index is 3.66. The molecular weight excluding hydrogens is 165 g/mol. The summed E-state index contributed by atoms with van der Waals surface area (Å²) in [6, 6.07) is 0. The van der Waals surface area contributed by atoms with Crippen LogP contribution in [0.3, 0.4) is 0 Å². The first-order valence-corrected chi connectivity index (χ1v) is 4.42. The highest BCUT2D eigenvalue weighted by Gasteiger charge is 2.30. The van der Waals surface area contributed by atoms with Gasteiger partial charge < -0.3 is 0 Å². The molecule has 74 valence electrons. The van der Waals surface area contributed by atoms with Crippen LogP contribution in [0.15, 0.2) is 0 Å². The van der Waals surface area contributed by atoms with Crippen molar-refractivity contribution in [3.8, 4) is 0 Å². The summed E-state index contributed by atoms with van der Waals surface area (Å²) < 4.78 is 35.6. The quantitative estimate of drug-likeness (QED) is 0.616. The highest BCUT2D eigenvalue weighted by atomic mass is 19.4. The monoisotopic (exact) mass is 182 g/mol. The Kier molecular flexibility index (Phi) is 4.64. The molecule has 0 aliphatic rings. The van der Waals surface area contributed by atoms with Crippen LogP contribution in [-0.2, 0) is 0 Å². The molecule has 2 atom stereocenters. The van der Waals surface area contributed by atoms with Crippen molar-refractivity contribution in [2.75, 3.05) is 0 Å². The fraction of sp³-hybridized carbons (Fsp3) is 1.00. The van der Waals surface area contributed by atoms with E-state index in [0.717, 1.165) is 6.42 Å². The summed E-state index contributed by atoms with van der Waals surface area (Å²) in [6.45, 7) is 5.66. The first kappa shape index (κ1) is 11.8.